The zero-order valence-corrected chi connectivity index (χ0v) is 12.0. The Bertz CT molecular complexity index is 404. The molecule has 0 aromatic rings. The summed E-state index contributed by atoms with van der Waals surface area (Å²) in [6, 6.07) is 0.111. The minimum Gasteiger partial charge on any atom is -0.337 e. The number of carbonyl (C=O) groups is 1. The van der Waals surface area contributed by atoms with Gasteiger partial charge >= 0.3 is 6.03 Å². The van der Waals surface area contributed by atoms with E-state index in [1.165, 1.54) is 17.1 Å². The number of hydrogen-bond donors (Lipinski definition) is 2. The summed E-state index contributed by atoms with van der Waals surface area (Å²) in [5, 5.41) is 5.66. The monoisotopic (exact) mass is 289 g/mol. The molecule has 6 nitrogen and oxygen atoms in total. The van der Waals surface area contributed by atoms with Crippen molar-refractivity contribution >= 4 is 16.1 Å². The van der Waals surface area contributed by atoms with Gasteiger partial charge in [0.1, 0.15) is 0 Å². The Morgan fingerprint density at radius 3 is 2.58 bits per heavy atom. The fraction of sp³-hybridized carbons (Fsp3) is 0.917. The van der Waals surface area contributed by atoms with Gasteiger partial charge in [-0.25, -0.2) is 17.5 Å². The molecule has 2 rings (SSSR count). The highest BCUT2D eigenvalue weighted by atomic mass is 32.2. The summed E-state index contributed by atoms with van der Waals surface area (Å²) >= 11 is 0. The van der Waals surface area contributed by atoms with Gasteiger partial charge in [0.05, 0.1) is 5.75 Å². The SMILES string of the molecule is O=C(NCCN1CCCCS1(=O)=O)NC1CCCC1. The molecule has 0 radical (unpaired) electrons. The van der Waals surface area contributed by atoms with E-state index in [1.54, 1.807) is 0 Å². The summed E-state index contributed by atoms with van der Waals surface area (Å²) in [5.74, 6) is 0.237. The highest BCUT2D eigenvalue weighted by Gasteiger charge is 2.25. The summed E-state index contributed by atoms with van der Waals surface area (Å²) in [5.41, 5.74) is 0. The second-order valence-corrected chi connectivity index (χ2v) is 7.39. The van der Waals surface area contributed by atoms with Crippen molar-refractivity contribution in [1.29, 1.82) is 0 Å². The number of urea groups is 1. The normalized spacial score (nSPS) is 24.2. The summed E-state index contributed by atoms with van der Waals surface area (Å²) in [4.78, 5) is 11.6. The molecule has 0 spiro atoms. The first-order valence-electron chi connectivity index (χ1n) is 7.10. The molecule has 0 aromatic heterocycles. The zero-order chi connectivity index (χ0) is 13.7. The van der Waals surface area contributed by atoms with Gasteiger partial charge in [0.2, 0.25) is 10.0 Å². The molecule has 1 aliphatic carbocycles. The zero-order valence-electron chi connectivity index (χ0n) is 11.2. The smallest absolute Gasteiger partial charge is 0.315 e. The highest BCUT2D eigenvalue weighted by molar-refractivity contribution is 7.89. The largest absolute Gasteiger partial charge is 0.337 e. The molecule has 1 saturated carbocycles. The van der Waals surface area contributed by atoms with Crippen molar-refractivity contribution in [3.05, 3.63) is 0 Å². The molecule has 1 aliphatic heterocycles. The second-order valence-electron chi connectivity index (χ2n) is 5.30. The van der Waals surface area contributed by atoms with E-state index in [1.807, 2.05) is 0 Å². The van der Waals surface area contributed by atoms with Crippen LogP contribution < -0.4 is 10.6 Å². The molecule has 0 atom stereocenters. The maximum atomic E-state index is 11.7. The van der Waals surface area contributed by atoms with Crippen LogP contribution in [-0.4, -0.2) is 50.2 Å². The van der Waals surface area contributed by atoms with Crippen LogP contribution in [0.2, 0.25) is 0 Å². The fourth-order valence-electron chi connectivity index (χ4n) is 2.69. The number of sulfonamides is 1. The van der Waals surface area contributed by atoms with Crippen molar-refractivity contribution in [2.24, 2.45) is 0 Å². The van der Waals surface area contributed by atoms with Gasteiger partial charge < -0.3 is 10.6 Å². The molecular weight excluding hydrogens is 266 g/mol. The van der Waals surface area contributed by atoms with Gasteiger partial charge in [0.15, 0.2) is 0 Å². The van der Waals surface area contributed by atoms with Crippen LogP contribution in [0.5, 0.6) is 0 Å². The molecule has 2 fully saturated rings. The van der Waals surface area contributed by atoms with Crippen LogP contribution in [0, 0.1) is 0 Å². The molecule has 7 heteroatoms. The molecule has 19 heavy (non-hydrogen) atoms. The molecule has 2 N–H and O–H groups in total. The van der Waals surface area contributed by atoms with Gasteiger partial charge in [0.25, 0.3) is 0 Å². The van der Waals surface area contributed by atoms with Crippen LogP contribution in [0.1, 0.15) is 38.5 Å². The number of nitrogens with one attached hydrogen (secondary N) is 2. The predicted octanol–water partition coefficient (Wildman–Crippen LogP) is 0.654. The third-order valence-electron chi connectivity index (χ3n) is 3.79. The first-order chi connectivity index (χ1) is 9.08. The average molecular weight is 289 g/mol. The first-order valence-corrected chi connectivity index (χ1v) is 8.71. The van der Waals surface area contributed by atoms with E-state index < -0.39 is 10.0 Å². The topological polar surface area (TPSA) is 78.5 Å². The summed E-state index contributed by atoms with van der Waals surface area (Å²) in [6.07, 6.45) is 6.11. The van der Waals surface area contributed by atoms with E-state index in [-0.39, 0.29) is 11.8 Å². The molecule has 1 saturated heterocycles. The lowest BCUT2D eigenvalue weighted by atomic mass is 10.2. The number of carbonyl (C=O) groups excluding carboxylic acids is 1. The molecule has 2 amide bonds. The minimum absolute atomic E-state index is 0.179. The average Bonchev–Trinajstić information content (AvgIpc) is 2.84. The summed E-state index contributed by atoms with van der Waals surface area (Å²) < 4.78 is 24.9. The van der Waals surface area contributed by atoms with Crippen molar-refractivity contribution in [3.8, 4) is 0 Å². The third-order valence-corrected chi connectivity index (χ3v) is 5.75. The van der Waals surface area contributed by atoms with Gasteiger partial charge in [-0.15, -0.1) is 0 Å². The summed E-state index contributed by atoms with van der Waals surface area (Å²) in [6.45, 7) is 1.33. The minimum atomic E-state index is -3.08. The quantitative estimate of drug-likeness (QED) is 0.798. The van der Waals surface area contributed by atoms with Crippen molar-refractivity contribution in [2.45, 2.75) is 44.6 Å². The fourth-order valence-corrected chi connectivity index (χ4v) is 4.30. The Labute approximate surface area is 115 Å². The lowest BCUT2D eigenvalue weighted by Crippen LogP contribution is -2.46. The van der Waals surface area contributed by atoms with E-state index in [0.717, 1.165) is 25.7 Å². The number of amides is 2. The van der Waals surface area contributed by atoms with Crippen molar-refractivity contribution in [2.75, 3.05) is 25.4 Å². The van der Waals surface area contributed by atoms with Crippen LogP contribution in [0.25, 0.3) is 0 Å². The van der Waals surface area contributed by atoms with Gasteiger partial charge in [0, 0.05) is 25.7 Å². The Balaban J connectivity index is 1.66. The van der Waals surface area contributed by atoms with Gasteiger partial charge in [-0.3, -0.25) is 0 Å². The molecule has 0 bridgehead atoms. The van der Waals surface area contributed by atoms with Crippen LogP contribution in [0.4, 0.5) is 4.79 Å². The molecular formula is C12H23N3O3S. The van der Waals surface area contributed by atoms with Crippen molar-refractivity contribution in [3.63, 3.8) is 0 Å². The van der Waals surface area contributed by atoms with Crippen molar-refractivity contribution in [1.82, 2.24) is 14.9 Å². The van der Waals surface area contributed by atoms with Gasteiger partial charge in [-0.05, 0) is 25.7 Å². The summed E-state index contributed by atoms with van der Waals surface area (Å²) in [7, 11) is -3.08. The van der Waals surface area contributed by atoms with Crippen LogP contribution in [0.3, 0.4) is 0 Å². The lowest BCUT2D eigenvalue weighted by molar-refractivity contribution is 0.236. The molecule has 2 aliphatic rings. The van der Waals surface area contributed by atoms with E-state index in [4.69, 9.17) is 0 Å². The van der Waals surface area contributed by atoms with Crippen LogP contribution >= 0.6 is 0 Å². The molecule has 110 valence electrons. The Hall–Kier alpha value is -0.820. The van der Waals surface area contributed by atoms with Crippen LogP contribution in [-0.2, 0) is 10.0 Å². The Morgan fingerprint density at radius 2 is 1.89 bits per heavy atom. The number of hydrogen-bond acceptors (Lipinski definition) is 3. The van der Waals surface area contributed by atoms with Gasteiger partial charge in [-0.1, -0.05) is 12.8 Å². The number of rotatable bonds is 4. The standard InChI is InChI=1S/C12H23N3O3S/c16-12(14-11-5-1-2-6-11)13-7-9-15-8-3-4-10-19(15,17)18/h11H,1-10H2,(H2,13,14,16). The Kier molecular flexibility index (Phi) is 5.04. The number of nitrogens with zero attached hydrogens (tertiary/aromatic N) is 1. The molecule has 0 unspecified atom stereocenters. The van der Waals surface area contributed by atoms with E-state index in [2.05, 4.69) is 10.6 Å². The first kappa shape index (κ1) is 14.6. The van der Waals surface area contributed by atoms with Crippen LogP contribution in [0.15, 0.2) is 0 Å². The van der Waals surface area contributed by atoms with E-state index in [0.29, 0.717) is 25.7 Å². The lowest BCUT2D eigenvalue weighted by Gasteiger charge is -2.26. The maximum absolute atomic E-state index is 11.7. The van der Waals surface area contributed by atoms with E-state index >= 15 is 0 Å². The molecule has 0 aromatic carbocycles. The second kappa shape index (κ2) is 6.56. The molecule has 1 heterocycles. The predicted molar refractivity (Wildman–Crippen MR) is 73.4 cm³/mol. The highest BCUT2D eigenvalue weighted by Crippen LogP contribution is 2.17. The third kappa shape index (κ3) is 4.35. The van der Waals surface area contributed by atoms with Crippen molar-refractivity contribution < 1.29 is 13.2 Å². The Morgan fingerprint density at radius 1 is 1.16 bits per heavy atom. The maximum Gasteiger partial charge on any atom is 0.315 e. The van der Waals surface area contributed by atoms with Gasteiger partial charge in [-0.2, -0.15) is 0 Å². The van der Waals surface area contributed by atoms with E-state index in [9.17, 15) is 13.2 Å².